The Morgan fingerprint density at radius 3 is 2.11 bits per heavy atom. The minimum Gasteiger partial charge on any atom is -0.496 e. The summed E-state index contributed by atoms with van der Waals surface area (Å²) in [6.45, 7) is 0. The normalized spacial score (nSPS) is 10.1. The van der Waals surface area contributed by atoms with E-state index in [9.17, 15) is 0 Å². The molecule has 100 valence electrons. The van der Waals surface area contributed by atoms with Crippen molar-refractivity contribution in [2.24, 2.45) is 0 Å². The third-order valence-electron chi connectivity index (χ3n) is 2.50. The summed E-state index contributed by atoms with van der Waals surface area (Å²) < 4.78 is 16.0. The van der Waals surface area contributed by atoms with Crippen LogP contribution >= 0.6 is 15.9 Å². The van der Waals surface area contributed by atoms with E-state index >= 15 is 0 Å². The molecule has 2 rings (SSSR count). The van der Waals surface area contributed by atoms with Crippen LogP contribution in [0.3, 0.4) is 0 Å². The number of rotatable bonds is 5. The van der Waals surface area contributed by atoms with Crippen molar-refractivity contribution >= 4 is 15.9 Å². The molecule has 0 bridgehead atoms. The molecule has 4 nitrogen and oxygen atoms in total. The molecule has 0 amide bonds. The van der Waals surface area contributed by atoms with Gasteiger partial charge in [0, 0.05) is 35.8 Å². The molecule has 1 heterocycles. The Bertz CT molecular complexity index is 521. The minimum atomic E-state index is 0.528. The smallest absolute Gasteiger partial charge is 0.219 e. The Hall–Kier alpha value is -1.75. The Kier molecular flexibility index (Phi) is 4.63. The van der Waals surface area contributed by atoms with E-state index < -0.39 is 0 Å². The van der Waals surface area contributed by atoms with Crippen LogP contribution < -0.4 is 14.2 Å². The highest BCUT2D eigenvalue weighted by Crippen LogP contribution is 2.30. The molecule has 2 aromatic rings. The maximum atomic E-state index is 5.68. The van der Waals surface area contributed by atoms with Gasteiger partial charge in [-0.1, -0.05) is 22.0 Å². The zero-order chi connectivity index (χ0) is 13.7. The highest BCUT2D eigenvalue weighted by molar-refractivity contribution is 9.08. The number of benzene rings is 1. The molecule has 0 N–H and O–H groups in total. The van der Waals surface area contributed by atoms with Crippen molar-refractivity contribution in [2.45, 2.75) is 5.33 Å². The van der Waals surface area contributed by atoms with Gasteiger partial charge in [0.1, 0.15) is 17.2 Å². The van der Waals surface area contributed by atoms with Crippen LogP contribution in [0.25, 0.3) is 0 Å². The lowest BCUT2D eigenvalue weighted by Gasteiger charge is -2.09. The maximum absolute atomic E-state index is 5.68. The molecule has 0 saturated heterocycles. The van der Waals surface area contributed by atoms with E-state index in [4.69, 9.17) is 14.2 Å². The first kappa shape index (κ1) is 13.7. The molecule has 0 aliphatic heterocycles. The second-order valence-corrected chi connectivity index (χ2v) is 4.35. The van der Waals surface area contributed by atoms with E-state index in [-0.39, 0.29) is 0 Å². The van der Waals surface area contributed by atoms with E-state index in [0.717, 1.165) is 10.9 Å². The van der Waals surface area contributed by atoms with Gasteiger partial charge in [-0.25, -0.2) is 4.98 Å². The monoisotopic (exact) mass is 323 g/mol. The van der Waals surface area contributed by atoms with Crippen molar-refractivity contribution in [1.29, 1.82) is 0 Å². The Labute approximate surface area is 120 Å². The third kappa shape index (κ3) is 3.61. The number of hydrogen-bond donors (Lipinski definition) is 0. The molecule has 0 spiro atoms. The maximum Gasteiger partial charge on any atom is 0.219 e. The average molecular weight is 324 g/mol. The topological polar surface area (TPSA) is 40.6 Å². The zero-order valence-electron chi connectivity index (χ0n) is 10.7. The van der Waals surface area contributed by atoms with E-state index in [1.807, 2.05) is 12.1 Å². The van der Waals surface area contributed by atoms with Gasteiger partial charge in [0.25, 0.3) is 0 Å². The van der Waals surface area contributed by atoms with E-state index in [1.165, 1.54) is 0 Å². The molecule has 0 aliphatic carbocycles. The van der Waals surface area contributed by atoms with Crippen LogP contribution in [0.15, 0.2) is 36.5 Å². The summed E-state index contributed by atoms with van der Waals surface area (Å²) >= 11 is 3.37. The molecule has 0 radical (unpaired) electrons. The van der Waals surface area contributed by atoms with Gasteiger partial charge in [0.2, 0.25) is 5.88 Å². The van der Waals surface area contributed by atoms with Crippen molar-refractivity contribution < 1.29 is 14.2 Å². The Balaban J connectivity index is 2.21. The van der Waals surface area contributed by atoms with Crippen LogP contribution in [0.4, 0.5) is 0 Å². The van der Waals surface area contributed by atoms with Crippen LogP contribution in [0.1, 0.15) is 5.56 Å². The quantitative estimate of drug-likeness (QED) is 0.785. The molecule has 0 fully saturated rings. The second kappa shape index (κ2) is 6.43. The van der Waals surface area contributed by atoms with Gasteiger partial charge in [-0.15, -0.1) is 0 Å². The molecule has 0 aliphatic rings. The van der Waals surface area contributed by atoms with E-state index in [0.29, 0.717) is 23.1 Å². The first-order valence-electron chi connectivity index (χ1n) is 5.67. The molecule has 1 aromatic carbocycles. The lowest BCUT2D eigenvalue weighted by atomic mass is 10.3. The number of alkyl halides is 1. The highest BCUT2D eigenvalue weighted by atomic mass is 79.9. The summed E-state index contributed by atoms with van der Waals surface area (Å²) in [7, 11) is 3.20. The fourth-order valence-corrected chi connectivity index (χ4v) is 1.84. The van der Waals surface area contributed by atoms with E-state index in [2.05, 4.69) is 20.9 Å². The summed E-state index contributed by atoms with van der Waals surface area (Å²) in [5.41, 5.74) is 1.09. The van der Waals surface area contributed by atoms with Crippen molar-refractivity contribution in [3.63, 3.8) is 0 Å². The largest absolute Gasteiger partial charge is 0.496 e. The fraction of sp³-hybridized carbons (Fsp3) is 0.214. The molecule has 0 atom stereocenters. The molecule has 5 heteroatoms. The third-order valence-corrected chi connectivity index (χ3v) is 3.15. The van der Waals surface area contributed by atoms with Crippen LogP contribution in [0, 0.1) is 0 Å². The predicted molar refractivity (Wildman–Crippen MR) is 76.5 cm³/mol. The van der Waals surface area contributed by atoms with Gasteiger partial charge in [-0.3, -0.25) is 0 Å². The fourth-order valence-electron chi connectivity index (χ4n) is 1.51. The number of aromatic nitrogens is 1. The minimum absolute atomic E-state index is 0.528. The molecular weight excluding hydrogens is 310 g/mol. The number of pyridine rings is 1. The van der Waals surface area contributed by atoms with Crippen LogP contribution in [0.5, 0.6) is 23.1 Å². The van der Waals surface area contributed by atoms with Gasteiger partial charge in [-0.05, 0) is 5.56 Å². The standard InChI is InChI=1S/C14H14BrNO3/c1-17-11-5-12(18-2)7-13(6-11)19-14-4-3-10(8-15)9-16-14/h3-7,9H,8H2,1-2H3. The van der Waals surface area contributed by atoms with Crippen molar-refractivity contribution in [3.8, 4) is 23.1 Å². The Morgan fingerprint density at radius 1 is 1.00 bits per heavy atom. The number of nitrogens with zero attached hydrogens (tertiary/aromatic N) is 1. The molecule has 0 unspecified atom stereocenters. The van der Waals surface area contributed by atoms with Crippen LogP contribution in [-0.4, -0.2) is 19.2 Å². The molecule has 0 saturated carbocycles. The first-order chi connectivity index (χ1) is 9.25. The Morgan fingerprint density at radius 2 is 1.63 bits per heavy atom. The van der Waals surface area contributed by atoms with Crippen molar-refractivity contribution in [2.75, 3.05) is 14.2 Å². The second-order valence-electron chi connectivity index (χ2n) is 3.79. The van der Waals surface area contributed by atoms with E-state index in [1.54, 1.807) is 38.6 Å². The van der Waals surface area contributed by atoms with Gasteiger partial charge < -0.3 is 14.2 Å². The lowest BCUT2D eigenvalue weighted by Crippen LogP contribution is -1.92. The number of hydrogen-bond acceptors (Lipinski definition) is 4. The van der Waals surface area contributed by atoms with Crippen molar-refractivity contribution in [3.05, 3.63) is 42.1 Å². The highest BCUT2D eigenvalue weighted by Gasteiger charge is 2.05. The average Bonchev–Trinajstić information content (AvgIpc) is 2.47. The zero-order valence-corrected chi connectivity index (χ0v) is 12.3. The number of halogens is 1. The van der Waals surface area contributed by atoms with Gasteiger partial charge in [-0.2, -0.15) is 0 Å². The lowest BCUT2D eigenvalue weighted by molar-refractivity contribution is 0.385. The summed E-state index contributed by atoms with van der Waals surface area (Å²) in [6.07, 6.45) is 1.77. The van der Waals surface area contributed by atoms with Gasteiger partial charge in [0.15, 0.2) is 0 Å². The van der Waals surface area contributed by atoms with Crippen LogP contribution in [0.2, 0.25) is 0 Å². The van der Waals surface area contributed by atoms with Crippen molar-refractivity contribution in [1.82, 2.24) is 4.98 Å². The molecular formula is C14H14BrNO3. The SMILES string of the molecule is COc1cc(OC)cc(Oc2ccc(CBr)cn2)c1. The summed E-state index contributed by atoms with van der Waals surface area (Å²) in [5.74, 6) is 2.49. The predicted octanol–water partition coefficient (Wildman–Crippen LogP) is 3.79. The summed E-state index contributed by atoms with van der Waals surface area (Å²) in [5, 5.41) is 0.771. The number of methoxy groups -OCH3 is 2. The molecule has 1 aromatic heterocycles. The van der Waals surface area contributed by atoms with Gasteiger partial charge >= 0.3 is 0 Å². The number of ether oxygens (including phenoxy) is 3. The molecule has 19 heavy (non-hydrogen) atoms. The first-order valence-corrected chi connectivity index (χ1v) is 6.79. The van der Waals surface area contributed by atoms with Crippen LogP contribution in [-0.2, 0) is 5.33 Å². The van der Waals surface area contributed by atoms with Gasteiger partial charge in [0.05, 0.1) is 14.2 Å². The summed E-state index contributed by atoms with van der Waals surface area (Å²) in [4.78, 5) is 4.22. The summed E-state index contributed by atoms with van der Waals surface area (Å²) in [6, 6.07) is 9.12.